The molecule has 3 atom stereocenters. The Hall–Kier alpha value is -4.89. The number of rotatable bonds is 8. The molecule has 5 aromatic rings. The Balaban J connectivity index is 0.000000191. The van der Waals surface area contributed by atoms with Crippen LogP contribution in [0.15, 0.2) is 96.1 Å². The average Bonchev–Trinajstić information content (AvgIpc) is 3.82. The van der Waals surface area contributed by atoms with E-state index in [0.29, 0.717) is 17.3 Å². The predicted octanol–water partition coefficient (Wildman–Crippen LogP) is 7.19. The van der Waals surface area contributed by atoms with Crippen molar-refractivity contribution in [1.82, 2.24) is 29.8 Å². The number of halogens is 3. The van der Waals surface area contributed by atoms with Crippen molar-refractivity contribution in [2.24, 2.45) is 4.36 Å². The summed E-state index contributed by atoms with van der Waals surface area (Å²) in [6.45, 7) is 2.80. The molecular weight excluding hydrogens is 760 g/mol. The molecule has 0 spiro atoms. The highest BCUT2D eigenvalue weighted by molar-refractivity contribution is 7.93. The second-order valence-electron chi connectivity index (χ2n) is 12.3. The summed E-state index contributed by atoms with van der Waals surface area (Å²) in [5, 5.41) is 0.205. The second-order valence-corrected chi connectivity index (χ2v) is 18.1. The van der Waals surface area contributed by atoms with Crippen molar-refractivity contribution in [1.29, 1.82) is 0 Å². The van der Waals surface area contributed by atoms with Gasteiger partial charge >= 0.3 is 6.18 Å². The van der Waals surface area contributed by atoms with Crippen LogP contribution in [0.5, 0.6) is 0 Å². The number of hydrogen-bond acceptors (Lipinski definition) is 12. The number of carbonyl (C=O) groups is 1. The molecule has 1 saturated heterocycles. The largest absolute Gasteiger partial charge is 0.433 e. The van der Waals surface area contributed by atoms with E-state index in [0.717, 1.165) is 34.0 Å². The van der Waals surface area contributed by atoms with Gasteiger partial charge in [0.2, 0.25) is 0 Å². The normalized spacial score (nSPS) is 16.0. The van der Waals surface area contributed by atoms with Gasteiger partial charge in [-0.2, -0.15) is 13.2 Å². The number of Topliss-reactive ketones (excluding diaryl/α,β-unsaturated/α-hetero) is 1. The van der Waals surface area contributed by atoms with Gasteiger partial charge in [0, 0.05) is 67.3 Å². The Kier molecular flexibility index (Phi) is 14.3. The van der Waals surface area contributed by atoms with Gasteiger partial charge in [-0.25, -0.2) is 22.6 Å². The second kappa shape index (κ2) is 18.4. The molecule has 0 N–H and O–H groups in total. The van der Waals surface area contributed by atoms with Crippen molar-refractivity contribution in [2.75, 3.05) is 31.9 Å². The Morgan fingerprint density at radius 1 is 1.00 bits per heavy atom. The minimum Gasteiger partial charge on any atom is -0.299 e. The monoisotopic (exact) mass is 797 g/mol. The molecule has 0 saturated carbocycles. The molecule has 0 bridgehead atoms. The van der Waals surface area contributed by atoms with E-state index < -0.39 is 48.2 Å². The van der Waals surface area contributed by atoms with Crippen LogP contribution in [0.1, 0.15) is 58.4 Å². The highest BCUT2D eigenvalue weighted by Crippen LogP contribution is 2.32. The van der Waals surface area contributed by atoms with E-state index >= 15 is 0 Å². The Morgan fingerprint density at radius 3 is 2.28 bits per heavy atom. The molecule has 5 aromatic heterocycles. The predicted molar refractivity (Wildman–Crippen MR) is 204 cm³/mol. The molecule has 2 unspecified atom stereocenters. The third kappa shape index (κ3) is 12.1. The summed E-state index contributed by atoms with van der Waals surface area (Å²) in [7, 11) is -3.90. The first kappa shape index (κ1) is 41.9. The Morgan fingerprint density at radius 2 is 1.72 bits per heavy atom. The van der Waals surface area contributed by atoms with Crippen LogP contribution < -0.4 is 0 Å². The third-order valence-corrected chi connectivity index (χ3v) is 12.0. The number of terminal acetylenes is 1. The summed E-state index contributed by atoms with van der Waals surface area (Å²) < 4.78 is 75.0. The average molecular weight is 798 g/mol. The number of hydrogen-bond donors (Lipinski definition) is 0. The zero-order chi connectivity index (χ0) is 39.5. The molecule has 0 aromatic carbocycles. The third-order valence-electron chi connectivity index (χ3n) is 8.12. The summed E-state index contributed by atoms with van der Waals surface area (Å²) in [6.07, 6.45) is 15.4. The first-order valence-corrected chi connectivity index (χ1v) is 21.2. The SMILES string of the molecule is C#CN=S(C)(=O)C(C)c1ccc(C(F)(F)F)nc1.CN1CCC[C@H]1c1cccnc1.CS(=O)(=O)CC(=O)c1cccc(-c2cnc(-c3cccnc3)s2)n1. The highest BCUT2D eigenvalue weighted by atomic mass is 32.2. The maximum Gasteiger partial charge on any atom is 0.433 e. The number of sulfone groups is 1. The van der Waals surface area contributed by atoms with Gasteiger partial charge in [-0.3, -0.25) is 24.6 Å². The molecule has 6 rings (SSSR count). The summed E-state index contributed by atoms with van der Waals surface area (Å²) in [5.74, 6) is -1.07. The lowest BCUT2D eigenvalue weighted by Crippen LogP contribution is -2.17. The molecule has 11 nitrogen and oxygen atoms in total. The quantitative estimate of drug-likeness (QED) is 0.117. The van der Waals surface area contributed by atoms with Crippen LogP contribution in [0.4, 0.5) is 13.2 Å². The van der Waals surface area contributed by atoms with E-state index in [4.69, 9.17) is 6.42 Å². The maximum atomic E-state index is 12.3. The smallest absolute Gasteiger partial charge is 0.299 e. The van der Waals surface area contributed by atoms with Crippen molar-refractivity contribution >= 4 is 36.7 Å². The van der Waals surface area contributed by atoms with Crippen molar-refractivity contribution in [2.45, 2.75) is 37.2 Å². The number of nitrogens with zero attached hydrogens (tertiary/aromatic N) is 7. The first-order valence-electron chi connectivity index (χ1n) is 16.3. The number of alkyl halides is 3. The maximum absolute atomic E-state index is 12.3. The van der Waals surface area contributed by atoms with Gasteiger partial charge < -0.3 is 0 Å². The van der Waals surface area contributed by atoms with E-state index in [1.165, 1.54) is 54.7 Å². The molecule has 54 heavy (non-hydrogen) atoms. The molecule has 284 valence electrons. The summed E-state index contributed by atoms with van der Waals surface area (Å²) >= 11 is 1.43. The molecule has 0 radical (unpaired) electrons. The summed E-state index contributed by atoms with van der Waals surface area (Å²) in [4.78, 5) is 35.3. The van der Waals surface area contributed by atoms with Crippen LogP contribution in [0.25, 0.3) is 21.1 Å². The minimum atomic E-state index is -4.49. The van der Waals surface area contributed by atoms with Gasteiger partial charge in [0.15, 0.2) is 15.6 Å². The van der Waals surface area contributed by atoms with E-state index in [9.17, 15) is 30.6 Å². The van der Waals surface area contributed by atoms with Gasteiger partial charge in [0.1, 0.15) is 22.1 Å². The van der Waals surface area contributed by atoms with E-state index in [2.05, 4.69) is 47.3 Å². The van der Waals surface area contributed by atoms with Crippen LogP contribution in [0.2, 0.25) is 0 Å². The van der Waals surface area contributed by atoms with Crippen LogP contribution in [0.3, 0.4) is 0 Å². The summed E-state index contributed by atoms with van der Waals surface area (Å²) in [6, 6.07) is 17.5. The Bertz CT molecular complexity index is 2290. The van der Waals surface area contributed by atoms with Crippen molar-refractivity contribution in [3.05, 3.63) is 114 Å². The number of pyridine rings is 4. The van der Waals surface area contributed by atoms with E-state index in [1.807, 2.05) is 36.6 Å². The van der Waals surface area contributed by atoms with Crippen LogP contribution >= 0.6 is 11.3 Å². The number of carbonyl (C=O) groups excluding carboxylic acids is 1. The molecule has 0 aliphatic carbocycles. The van der Waals surface area contributed by atoms with E-state index in [-0.39, 0.29) is 5.69 Å². The van der Waals surface area contributed by atoms with Gasteiger partial charge in [-0.05, 0) is 80.9 Å². The lowest BCUT2D eigenvalue weighted by atomic mass is 10.1. The van der Waals surface area contributed by atoms with Crippen molar-refractivity contribution < 1.29 is 30.6 Å². The standard InChI is InChI=1S/C16H13N3O3S2.C11H11F3N2OS.C10H14N2/c1-24(21,22)10-14(20)12-5-2-6-13(19-12)15-9-18-16(23-15)11-4-3-7-17-8-11;1-4-16-18(3,17)8(2)9-5-6-10(15-7-9)11(12,13)14;1-12-7-3-5-10(12)9-4-2-6-11-8-9/h2-9H,10H2,1H3;1,5-8H,2-3H3;2,4,6,8,10H,3,5,7H2,1H3/t;;10-/m..0/s1. The molecule has 1 aliphatic heterocycles. The minimum absolute atomic E-state index is 0.134. The lowest BCUT2D eigenvalue weighted by Gasteiger charge is -2.18. The van der Waals surface area contributed by atoms with Crippen molar-refractivity contribution in [3.8, 4) is 33.6 Å². The number of aromatic nitrogens is 5. The van der Waals surface area contributed by atoms with Gasteiger partial charge in [0.05, 0.1) is 25.6 Å². The molecule has 6 heterocycles. The van der Waals surface area contributed by atoms with Gasteiger partial charge in [-0.1, -0.05) is 24.6 Å². The van der Waals surface area contributed by atoms with Crippen LogP contribution in [0, 0.1) is 12.5 Å². The molecule has 1 aliphatic rings. The summed E-state index contributed by atoms with van der Waals surface area (Å²) in [5.41, 5.74) is 2.39. The topological polar surface area (TPSA) is 148 Å². The van der Waals surface area contributed by atoms with Gasteiger partial charge in [-0.15, -0.1) is 15.7 Å². The van der Waals surface area contributed by atoms with Gasteiger partial charge in [0.25, 0.3) is 0 Å². The fourth-order valence-electron chi connectivity index (χ4n) is 5.21. The zero-order valence-electron chi connectivity index (χ0n) is 29.8. The number of ketones is 1. The Labute approximate surface area is 317 Å². The zero-order valence-corrected chi connectivity index (χ0v) is 32.3. The highest BCUT2D eigenvalue weighted by Gasteiger charge is 2.32. The van der Waals surface area contributed by atoms with Crippen LogP contribution in [-0.2, 0) is 25.7 Å². The molecular formula is C37H38F3N7O4S3. The van der Waals surface area contributed by atoms with Crippen molar-refractivity contribution in [3.63, 3.8) is 0 Å². The fraction of sp³-hybridized carbons (Fsp3) is 0.297. The molecule has 17 heteroatoms. The number of thiazole rings is 1. The lowest BCUT2D eigenvalue weighted by molar-refractivity contribution is -0.141. The molecule has 0 amide bonds. The first-order chi connectivity index (χ1) is 25.5. The number of likely N-dealkylation sites (tertiary alicyclic amines) is 1. The fourth-order valence-corrected chi connectivity index (χ4v) is 7.72. The molecule has 1 fully saturated rings. The van der Waals surface area contributed by atoms with Crippen LogP contribution in [-0.4, -0.2) is 80.1 Å². The van der Waals surface area contributed by atoms with E-state index in [1.54, 1.807) is 37.6 Å².